The van der Waals surface area contributed by atoms with Gasteiger partial charge in [0, 0.05) is 0 Å². The Balaban J connectivity index is 2.41. The Hall–Kier alpha value is -1.09. The molecule has 0 atom stereocenters. The van der Waals surface area contributed by atoms with Gasteiger partial charge in [0.2, 0.25) is 3.79 Å². The molecule has 0 saturated carbocycles. The van der Waals surface area contributed by atoms with Gasteiger partial charge in [-0.3, -0.25) is 0 Å². The van der Waals surface area contributed by atoms with Crippen LogP contribution < -0.4 is 9.47 Å². The molecule has 2 rings (SSSR count). The highest BCUT2D eigenvalue weighted by Gasteiger charge is 2.35. The van der Waals surface area contributed by atoms with Crippen molar-refractivity contribution in [3.05, 3.63) is 59.7 Å². The molecule has 5 heteroatoms. The lowest BCUT2D eigenvalue weighted by Crippen LogP contribution is -2.18. The quantitative estimate of drug-likeness (QED) is 0.689. The van der Waals surface area contributed by atoms with Crippen molar-refractivity contribution >= 4 is 34.8 Å². The Morgan fingerprint density at radius 3 is 1.29 bits per heavy atom. The van der Waals surface area contributed by atoms with Gasteiger partial charge in [-0.25, -0.2) is 0 Å². The third-order valence-corrected chi connectivity index (χ3v) is 3.88. The smallest absolute Gasteiger partial charge is 0.201 e. The molecule has 0 spiro atoms. The molecule has 0 aliphatic heterocycles. The zero-order valence-electron chi connectivity index (χ0n) is 11.6. The van der Waals surface area contributed by atoms with E-state index in [0.717, 1.165) is 22.6 Å². The van der Waals surface area contributed by atoms with Crippen molar-refractivity contribution in [2.45, 2.75) is 9.71 Å². The van der Waals surface area contributed by atoms with Crippen molar-refractivity contribution in [3.63, 3.8) is 0 Å². The zero-order chi connectivity index (χ0) is 15.5. The summed E-state index contributed by atoms with van der Waals surface area (Å²) >= 11 is 18.6. The molecular formula is C16H15Cl3O2. The third-order valence-electron chi connectivity index (χ3n) is 3.23. The fraction of sp³-hybridized carbons (Fsp3) is 0.250. The molecule has 112 valence electrons. The first-order chi connectivity index (χ1) is 9.95. The van der Waals surface area contributed by atoms with Crippen LogP contribution in [0.15, 0.2) is 48.5 Å². The van der Waals surface area contributed by atoms with E-state index in [1.165, 1.54) is 0 Å². The number of rotatable bonds is 4. The van der Waals surface area contributed by atoms with E-state index in [-0.39, 0.29) is 5.92 Å². The van der Waals surface area contributed by atoms with Crippen LogP contribution in [0, 0.1) is 0 Å². The average Bonchev–Trinajstić information content (AvgIpc) is 2.47. The van der Waals surface area contributed by atoms with Crippen molar-refractivity contribution < 1.29 is 9.47 Å². The minimum Gasteiger partial charge on any atom is -0.497 e. The Morgan fingerprint density at radius 2 is 1.05 bits per heavy atom. The van der Waals surface area contributed by atoms with Gasteiger partial charge in [-0.15, -0.1) is 0 Å². The molecule has 0 aliphatic rings. The predicted molar refractivity (Wildman–Crippen MR) is 88.1 cm³/mol. The van der Waals surface area contributed by atoms with E-state index in [2.05, 4.69) is 0 Å². The van der Waals surface area contributed by atoms with Crippen molar-refractivity contribution in [1.82, 2.24) is 0 Å². The van der Waals surface area contributed by atoms with Crippen molar-refractivity contribution in [2.75, 3.05) is 14.2 Å². The van der Waals surface area contributed by atoms with Gasteiger partial charge < -0.3 is 9.47 Å². The first kappa shape index (κ1) is 16.3. The Kier molecular flexibility index (Phi) is 5.26. The Bertz CT molecular complexity index is 526. The van der Waals surface area contributed by atoms with Crippen LogP contribution in [0.25, 0.3) is 0 Å². The number of methoxy groups -OCH3 is 2. The second kappa shape index (κ2) is 6.78. The maximum atomic E-state index is 6.18. The standard InChI is InChI=1S/C16H15Cl3O2/c1-20-13-7-3-11(4-8-13)15(16(17,18)19)12-5-9-14(21-2)10-6-12/h3-10,15H,1-2H3/i3+2,4+2,5+2,6+2,7+2,8+2,9+2,10+2,11+2,12+2,13+2,14+2. The molecule has 2 aromatic rings. The highest BCUT2D eigenvalue weighted by Crippen LogP contribution is 2.46. The van der Waals surface area contributed by atoms with E-state index >= 15 is 0 Å². The van der Waals surface area contributed by atoms with Gasteiger partial charge in [0.15, 0.2) is 0 Å². The molecule has 21 heavy (non-hydrogen) atoms. The monoisotopic (exact) mass is 368 g/mol. The number of hydrogen-bond donors (Lipinski definition) is 0. The third kappa shape index (κ3) is 3.97. The molecule has 0 amide bonds. The number of ether oxygens (including phenoxy) is 2. The van der Waals surface area contributed by atoms with Crippen LogP contribution in [0.4, 0.5) is 0 Å². The molecule has 2 aromatic carbocycles. The minimum atomic E-state index is -1.46. The lowest BCUT2D eigenvalue weighted by Gasteiger charge is -2.25. The molecule has 0 aliphatic carbocycles. The van der Waals surface area contributed by atoms with Gasteiger partial charge in [-0.1, -0.05) is 59.1 Å². The molecule has 0 saturated heterocycles. The Labute approximate surface area is 139 Å². The highest BCUT2D eigenvalue weighted by molar-refractivity contribution is 6.68. The fourth-order valence-electron chi connectivity index (χ4n) is 2.16. The summed E-state index contributed by atoms with van der Waals surface area (Å²) in [6, 6.07) is 15.0. The number of benzene rings is 2. The maximum absolute atomic E-state index is 6.18. The summed E-state index contributed by atoms with van der Waals surface area (Å²) in [5.41, 5.74) is 1.81. The second-order valence-electron chi connectivity index (χ2n) is 4.52. The minimum absolute atomic E-state index is 0.376. The molecular weight excluding hydrogens is 354 g/mol. The van der Waals surface area contributed by atoms with Crippen molar-refractivity contribution in [2.24, 2.45) is 0 Å². The second-order valence-corrected chi connectivity index (χ2v) is 6.89. The normalized spacial score (nSPS) is 11.5. The van der Waals surface area contributed by atoms with Gasteiger partial charge >= 0.3 is 0 Å². The number of halogens is 3. The summed E-state index contributed by atoms with van der Waals surface area (Å²) in [4.78, 5) is 0. The number of alkyl halides is 3. The summed E-state index contributed by atoms with van der Waals surface area (Å²) in [6.45, 7) is 0. The van der Waals surface area contributed by atoms with E-state index in [1.807, 2.05) is 48.5 Å². The van der Waals surface area contributed by atoms with Crippen molar-refractivity contribution in [1.29, 1.82) is 0 Å². The van der Waals surface area contributed by atoms with Gasteiger partial charge in [-0.05, 0) is 35.4 Å². The zero-order valence-corrected chi connectivity index (χ0v) is 13.9. The average molecular weight is 370 g/mol. The van der Waals surface area contributed by atoms with Crippen molar-refractivity contribution in [3.8, 4) is 11.5 Å². The summed E-state index contributed by atoms with van der Waals surface area (Å²) in [5, 5.41) is 0. The SMILES string of the molecule is CO[14c]1[14cH][14cH][14c](C([14c]2[14cH][14cH][14c](OC)[14cH][14cH]2)C(Cl)(Cl)Cl)[14cH][14cH]1. The van der Waals surface area contributed by atoms with Crippen LogP contribution in [-0.4, -0.2) is 18.0 Å². The summed E-state index contributed by atoms with van der Waals surface area (Å²) in [6.07, 6.45) is 0. The predicted octanol–water partition coefficient (Wildman–Crippen LogP) is 5.21. The molecule has 0 heterocycles. The van der Waals surface area contributed by atoms with Crippen LogP contribution in [0.1, 0.15) is 17.0 Å². The van der Waals surface area contributed by atoms with Crippen LogP contribution in [-0.2, 0) is 0 Å². The van der Waals surface area contributed by atoms with Crippen LogP contribution >= 0.6 is 34.8 Å². The summed E-state index contributed by atoms with van der Waals surface area (Å²) < 4.78 is 8.85. The first-order valence-electron chi connectivity index (χ1n) is 6.30. The highest BCUT2D eigenvalue weighted by atomic mass is 35.6. The van der Waals surface area contributed by atoms with Crippen LogP contribution in [0.3, 0.4) is 0 Å². The Morgan fingerprint density at radius 1 is 0.714 bits per heavy atom. The van der Waals surface area contributed by atoms with E-state index in [1.54, 1.807) is 14.2 Å². The largest absolute Gasteiger partial charge is 0.497 e. The maximum Gasteiger partial charge on any atom is 0.201 e. The van der Waals surface area contributed by atoms with Gasteiger partial charge in [-0.2, -0.15) is 0 Å². The van der Waals surface area contributed by atoms with E-state index in [0.29, 0.717) is 0 Å². The molecule has 0 unspecified atom stereocenters. The van der Waals surface area contributed by atoms with Crippen LogP contribution in [0.2, 0.25) is 0 Å². The van der Waals surface area contributed by atoms with Gasteiger partial charge in [0.25, 0.3) is 0 Å². The first-order valence-corrected chi connectivity index (χ1v) is 7.43. The summed E-state index contributed by atoms with van der Waals surface area (Å²) in [5.74, 6) is 1.15. The molecule has 0 fully saturated rings. The van der Waals surface area contributed by atoms with Crippen LogP contribution in [0.5, 0.6) is 11.5 Å². The fourth-order valence-corrected chi connectivity index (χ4v) is 2.92. The summed E-state index contributed by atoms with van der Waals surface area (Å²) in [7, 11) is 3.23. The molecule has 0 radical (unpaired) electrons. The van der Waals surface area contributed by atoms with E-state index in [4.69, 9.17) is 44.3 Å². The molecule has 2 nitrogen and oxygen atoms in total. The van der Waals surface area contributed by atoms with Gasteiger partial charge in [0.05, 0.1) is 20.1 Å². The molecule has 0 aromatic heterocycles. The lowest BCUT2D eigenvalue weighted by molar-refractivity contribution is 0.414. The van der Waals surface area contributed by atoms with E-state index in [9.17, 15) is 0 Å². The lowest BCUT2D eigenvalue weighted by atomic mass is 10.6. The van der Waals surface area contributed by atoms with Gasteiger partial charge in [0.1, 0.15) is 11.5 Å². The number of hydrogen-bond acceptors (Lipinski definition) is 2. The van der Waals surface area contributed by atoms with E-state index < -0.39 is 3.79 Å². The topological polar surface area (TPSA) is 18.5 Å². The molecule has 0 bridgehead atoms. The molecule has 0 N–H and O–H groups in total.